The summed E-state index contributed by atoms with van der Waals surface area (Å²) in [6.45, 7) is 2.79. The zero-order valence-electron chi connectivity index (χ0n) is 17.7. The molecule has 10 nitrogen and oxygen atoms in total. The van der Waals surface area contributed by atoms with Crippen LogP contribution in [0.15, 0.2) is 30.3 Å². The Hall–Kier alpha value is -2.98. The lowest BCUT2D eigenvalue weighted by Crippen LogP contribution is -2.52. The number of carbonyl (C=O) groups excluding carboxylic acids is 4. The number of ether oxygens (including phenoxy) is 3. The molecule has 1 fully saturated rings. The maximum absolute atomic E-state index is 13.0. The first-order valence-corrected chi connectivity index (χ1v) is 10.0. The summed E-state index contributed by atoms with van der Waals surface area (Å²) in [6.07, 6.45) is -0.340. The summed E-state index contributed by atoms with van der Waals surface area (Å²) in [7, 11) is 1.55. The fourth-order valence-electron chi connectivity index (χ4n) is 3.47. The lowest BCUT2D eigenvalue weighted by Gasteiger charge is -2.30. The first kappa shape index (κ1) is 24.3. The van der Waals surface area contributed by atoms with Gasteiger partial charge >= 0.3 is 6.09 Å². The van der Waals surface area contributed by atoms with E-state index in [0.29, 0.717) is 13.2 Å². The van der Waals surface area contributed by atoms with Crippen LogP contribution in [-0.2, 0) is 35.0 Å². The van der Waals surface area contributed by atoms with Gasteiger partial charge in [0.05, 0.1) is 19.8 Å². The van der Waals surface area contributed by atoms with Crippen LogP contribution in [-0.4, -0.2) is 80.3 Å². The first-order valence-electron chi connectivity index (χ1n) is 10.0. The molecule has 3 amide bonds. The van der Waals surface area contributed by atoms with Gasteiger partial charge in [-0.3, -0.25) is 14.4 Å². The lowest BCUT2D eigenvalue weighted by molar-refractivity contribution is -0.144. The second-order valence-corrected chi connectivity index (χ2v) is 7.20. The van der Waals surface area contributed by atoms with Crippen molar-refractivity contribution < 1.29 is 33.4 Å². The van der Waals surface area contributed by atoms with Crippen molar-refractivity contribution in [2.75, 3.05) is 33.5 Å². The fraction of sp³-hybridized carbons (Fsp3) is 0.524. The molecule has 0 bridgehead atoms. The molecule has 2 rings (SSSR count). The molecule has 10 heteroatoms. The molecule has 1 aliphatic rings. The number of nitrogens with two attached hydrogens (primary N) is 1. The van der Waals surface area contributed by atoms with Crippen molar-refractivity contribution in [3.8, 4) is 0 Å². The fourth-order valence-corrected chi connectivity index (χ4v) is 3.47. The topological polar surface area (TPSA) is 137 Å². The summed E-state index contributed by atoms with van der Waals surface area (Å²) in [5.74, 6) is -2.41. The van der Waals surface area contributed by atoms with Crippen LogP contribution in [0.4, 0.5) is 4.79 Å². The molecule has 1 aromatic carbocycles. The van der Waals surface area contributed by atoms with E-state index in [4.69, 9.17) is 19.9 Å². The van der Waals surface area contributed by atoms with E-state index in [9.17, 15) is 19.2 Å². The largest absolute Gasteiger partial charge is 0.447 e. The first-order chi connectivity index (χ1) is 14.8. The van der Waals surface area contributed by atoms with Gasteiger partial charge in [-0.15, -0.1) is 0 Å². The monoisotopic (exact) mass is 435 g/mol. The Kier molecular flexibility index (Phi) is 9.41. The minimum Gasteiger partial charge on any atom is -0.447 e. The standard InChI is InChI=1S/C21H29N3O7/c1-14-12-16(23-21(28)31-11-10-30-9-8-29-2)20(27)24(14)17(18(25)19(22)26)13-15-6-4-3-5-7-15/h3-7,14,16-17H,8-13H2,1-2H3,(H2,22,26)(H,23,28)/t14?,16-,17?/m0/s1. The van der Waals surface area contributed by atoms with Crippen LogP contribution in [0, 0.1) is 0 Å². The van der Waals surface area contributed by atoms with Crippen LogP contribution in [0.25, 0.3) is 0 Å². The number of benzene rings is 1. The summed E-state index contributed by atoms with van der Waals surface area (Å²) in [5, 5.41) is 2.52. The van der Waals surface area contributed by atoms with Crippen molar-refractivity contribution in [3.63, 3.8) is 0 Å². The van der Waals surface area contributed by atoms with Gasteiger partial charge in [-0.05, 0) is 18.9 Å². The van der Waals surface area contributed by atoms with Crippen LogP contribution in [0.2, 0.25) is 0 Å². The third-order valence-corrected chi connectivity index (χ3v) is 4.94. The van der Waals surface area contributed by atoms with Gasteiger partial charge in [0.1, 0.15) is 18.7 Å². The van der Waals surface area contributed by atoms with E-state index in [-0.39, 0.29) is 32.1 Å². The maximum atomic E-state index is 13.0. The molecule has 1 aromatic rings. The predicted molar refractivity (Wildman–Crippen MR) is 110 cm³/mol. The maximum Gasteiger partial charge on any atom is 0.407 e. The normalized spacial score (nSPS) is 19.2. The van der Waals surface area contributed by atoms with E-state index in [1.165, 1.54) is 4.90 Å². The number of nitrogens with zero attached hydrogens (tertiary/aromatic N) is 1. The molecule has 31 heavy (non-hydrogen) atoms. The van der Waals surface area contributed by atoms with Gasteiger partial charge in [0.2, 0.25) is 11.7 Å². The van der Waals surface area contributed by atoms with Gasteiger partial charge in [-0.1, -0.05) is 30.3 Å². The molecule has 0 radical (unpaired) electrons. The van der Waals surface area contributed by atoms with E-state index in [1.807, 2.05) is 6.07 Å². The highest BCUT2D eigenvalue weighted by Crippen LogP contribution is 2.24. The van der Waals surface area contributed by atoms with Crippen LogP contribution in [0.3, 0.4) is 0 Å². The van der Waals surface area contributed by atoms with Gasteiger partial charge in [0.25, 0.3) is 5.91 Å². The minimum atomic E-state index is -1.11. The predicted octanol–water partition coefficient (Wildman–Crippen LogP) is 0.0307. The molecule has 3 N–H and O–H groups in total. The Bertz CT molecular complexity index is 771. The number of nitrogens with one attached hydrogen (secondary N) is 1. The average Bonchev–Trinajstić information content (AvgIpc) is 3.01. The molecular weight excluding hydrogens is 406 g/mol. The van der Waals surface area contributed by atoms with E-state index in [2.05, 4.69) is 5.32 Å². The van der Waals surface area contributed by atoms with Gasteiger partial charge in [0, 0.05) is 19.6 Å². The van der Waals surface area contributed by atoms with Crippen LogP contribution in [0.1, 0.15) is 18.9 Å². The van der Waals surface area contributed by atoms with E-state index >= 15 is 0 Å². The zero-order valence-corrected chi connectivity index (χ0v) is 17.7. The second-order valence-electron chi connectivity index (χ2n) is 7.20. The van der Waals surface area contributed by atoms with Gasteiger partial charge in [-0.25, -0.2) is 4.79 Å². The number of likely N-dealkylation sites (tertiary alicyclic amines) is 1. The van der Waals surface area contributed by atoms with E-state index in [0.717, 1.165) is 5.56 Å². The molecule has 1 aliphatic heterocycles. The number of carbonyl (C=O) groups is 4. The van der Waals surface area contributed by atoms with Gasteiger partial charge in [0.15, 0.2) is 0 Å². The number of amides is 3. The Labute approximate surface area is 181 Å². The number of methoxy groups -OCH3 is 1. The van der Waals surface area contributed by atoms with Crippen molar-refractivity contribution in [2.24, 2.45) is 5.73 Å². The molecule has 1 saturated heterocycles. The average molecular weight is 435 g/mol. The van der Waals surface area contributed by atoms with E-state index in [1.54, 1.807) is 38.3 Å². The molecule has 2 unspecified atom stereocenters. The highest BCUT2D eigenvalue weighted by molar-refractivity contribution is 6.38. The Morgan fingerprint density at radius 3 is 2.48 bits per heavy atom. The number of primary amides is 1. The second kappa shape index (κ2) is 12.0. The highest BCUT2D eigenvalue weighted by Gasteiger charge is 2.45. The Balaban J connectivity index is 1.98. The summed E-state index contributed by atoms with van der Waals surface area (Å²) in [6, 6.07) is 6.74. The molecule has 0 spiro atoms. The smallest absolute Gasteiger partial charge is 0.407 e. The number of alkyl carbamates (subject to hydrolysis) is 1. The Morgan fingerprint density at radius 2 is 1.84 bits per heavy atom. The molecule has 1 heterocycles. The van der Waals surface area contributed by atoms with Crippen molar-refractivity contribution in [3.05, 3.63) is 35.9 Å². The molecule has 0 aliphatic carbocycles. The summed E-state index contributed by atoms with van der Waals surface area (Å²) >= 11 is 0. The zero-order chi connectivity index (χ0) is 22.8. The van der Waals surface area contributed by atoms with Crippen LogP contribution in [0.5, 0.6) is 0 Å². The number of hydrogen-bond donors (Lipinski definition) is 2. The summed E-state index contributed by atoms with van der Waals surface area (Å²) in [4.78, 5) is 50.4. The number of rotatable bonds is 12. The minimum absolute atomic E-state index is 0.0204. The molecule has 3 atom stereocenters. The van der Waals surface area contributed by atoms with Crippen LogP contribution >= 0.6 is 0 Å². The summed E-state index contributed by atoms with van der Waals surface area (Å²) < 4.78 is 15.1. The highest BCUT2D eigenvalue weighted by atomic mass is 16.6. The van der Waals surface area contributed by atoms with Gasteiger partial charge < -0.3 is 30.2 Å². The van der Waals surface area contributed by atoms with Crippen molar-refractivity contribution >= 4 is 23.7 Å². The number of hydrogen-bond acceptors (Lipinski definition) is 7. The van der Waals surface area contributed by atoms with E-state index < -0.39 is 35.8 Å². The third kappa shape index (κ3) is 7.04. The van der Waals surface area contributed by atoms with Crippen molar-refractivity contribution in [2.45, 2.75) is 37.9 Å². The van der Waals surface area contributed by atoms with Crippen LogP contribution < -0.4 is 11.1 Å². The third-order valence-electron chi connectivity index (χ3n) is 4.94. The number of ketones is 1. The molecule has 170 valence electrons. The molecular formula is C21H29N3O7. The summed E-state index contributed by atoms with van der Waals surface area (Å²) in [5.41, 5.74) is 6.01. The SMILES string of the molecule is COCCOCCOC(=O)N[C@H]1CC(C)N(C(Cc2ccccc2)C(=O)C(N)=O)C1=O. The van der Waals surface area contributed by atoms with Crippen molar-refractivity contribution in [1.29, 1.82) is 0 Å². The molecule has 0 aromatic heterocycles. The molecule has 0 saturated carbocycles. The lowest BCUT2D eigenvalue weighted by atomic mass is 9.99. The number of Topliss-reactive ketones (excluding diaryl/α,β-unsaturated/α-hetero) is 1. The quantitative estimate of drug-likeness (QED) is 0.349. The van der Waals surface area contributed by atoms with Crippen molar-refractivity contribution in [1.82, 2.24) is 10.2 Å². The van der Waals surface area contributed by atoms with Gasteiger partial charge in [-0.2, -0.15) is 0 Å². The Morgan fingerprint density at radius 1 is 1.16 bits per heavy atom.